The quantitative estimate of drug-likeness (QED) is 0.702. The summed E-state index contributed by atoms with van der Waals surface area (Å²) >= 11 is 0. The molecule has 2 rings (SSSR count). The highest BCUT2D eigenvalue weighted by Crippen LogP contribution is 1.97. The smallest absolute Gasteiger partial charge is 0.259 e. The molecule has 0 radical (unpaired) electrons. The zero-order chi connectivity index (χ0) is 11.4. The SMILES string of the molecule is N#CCCCCn1nc2cnccn2c1=O. The van der Waals surface area contributed by atoms with Crippen LogP contribution in [0.3, 0.4) is 0 Å². The van der Waals surface area contributed by atoms with E-state index in [2.05, 4.69) is 16.2 Å². The molecule has 16 heavy (non-hydrogen) atoms. The van der Waals surface area contributed by atoms with Crippen LogP contribution in [-0.4, -0.2) is 19.2 Å². The first-order chi connectivity index (χ1) is 7.83. The van der Waals surface area contributed by atoms with E-state index in [0.29, 0.717) is 18.6 Å². The first-order valence-corrected chi connectivity index (χ1v) is 5.09. The molecule has 0 spiro atoms. The molecule has 6 heteroatoms. The van der Waals surface area contributed by atoms with Gasteiger partial charge in [-0.1, -0.05) is 0 Å². The Morgan fingerprint density at radius 2 is 2.31 bits per heavy atom. The van der Waals surface area contributed by atoms with Crippen molar-refractivity contribution in [2.24, 2.45) is 0 Å². The Morgan fingerprint density at radius 1 is 1.44 bits per heavy atom. The van der Waals surface area contributed by atoms with Gasteiger partial charge in [0.2, 0.25) is 0 Å². The molecule has 0 atom stereocenters. The van der Waals surface area contributed by atoms with Crippen molar-refractivity contribution in [2.75, 3.05) is 0 Å². The van der Waals surface area contributed by atoms with Gasteiger partial charge in [0.05, 0.1) is 12.3 Å². The van der Waals surface area contributed by atoms with Crippen LogP contribution >= 0.6 is 0 Å². The third kappa shape index (κ3) is 1.93. The van der Waals surface area contributed by atoms with Gasteiger partial charge in [0.1, 0.15) is 0 Å². The standard InChI is InChI=1S/C10H11N5O/c11-4-2-1-3-6-15-10(16)14-7-5-12-8-9(14)13-15/h5,7-8H,1-3,6H2. The maximum atomic E-state index is 11.8. The first kappa shape index (κ1) is 10.4. The first-order valence-electron chi connectivity index (χ1n) is 5.09. The van der Waals surface area contributed by atoms with Gasteiger partial charge in [-0.3, -0.25) is 4.98 Å². The second-order valence-corrected chi connectivity index (χ2v) is 3.43. The van der Waals surface area contributed by atoms with Gasteiger partial charge in [0.25, 0.3) is 0 Å². The number of unbranched alkanes of at least 4 members (excludes halogenated alkanes) is 2. The van der Waals surface area contributed by atoms with E-state index in [1.54, 1.807) is 18.6 Å². The summed E-state index contributed by atoms with van der Waals surface area (Å²) in [7, 11) is 0. The second-order valence-electron chi connectivity index (χ2n) is 3.43. The lowest BCUT2D eigenvalue weighted by Gasteiger charge is -1.95. The van der Waals surface area contributed by atoms with Crippen molar-refractivity contribution in [2.45, 2.75) is 25.8 Å². The zero-order valence-electron chi connectivity index (χ0n) is 8.70. The minimum atomic E-state index is -0.158. The molecule has 82 valence electrons. The Bertz CT molecular complexity index is 577. The number of hydrogen-bond donors (Lipinski definition) is 0. The van der Waals surface area contributed by atoms with Gasteiger partial charge in [0, 0.05) is 25.4 Å². The van der Waals surface area contributed by atoms with Crippen LogP contribution in [0.15, 0.2) is 23.4 Å². The summed E-state index contributed by atoms with van der Waals surface area (Å²) in [5, 5.41) is 12.5. The third-order valence-corrected chi connectivity index (χ3v) is 2.30. The van der Waals surface area contributed by atoms with Crippen LogP contribution in [0.25, 0.3) is 5.65 Å². The molecule has 2 aromatic rings. The topological polar surface area (TPSA) is 76.0 Å². The van der Waals surface area contributed by atoms with Crippen LogP contribution in [0.2, 0.25) is 0 Å². The molecule has 0 aliphatic rings. The van der Waals surface area contributed by atoms with Crippen LogP contribution in [0.1, 0.15) is 19.3 Å². The van der Waals surface area contributed by atoms with Gasteiger partial charge in [-0.25, -0.2) is 13.9 Å². The Hall–Kier alpha value is -2.16. The number of fused-ring (bicyclic) bond motifs is 1. The predicted octanol–water partition coefficient (Wildman–Crippen LogP) is 0.585. The van der Waals surface area contributed by atoms with Crippen molar-refractivity contribution in [1.29, 1.82) is 5.26 Å². The molecule has 0 bridgehead atoms. The molecule has 0 aliphatic carbocycles. The average molecular weight is 217 g/mol. The molecule has 2 heterocycles. The molecule has 0 fully saturated rings. The van der Waals surface area contributed by atoms with Crippen LogP contribution in [0.5, 0.6) is 0 Å². The molecule has 0 saturated heterocycles. The van der Waals surface area contributed by atoms with Crippen molar-refractivity contribution >= 4 is 5.65 Å². The summed E-state index contributed by atoms with van der Waals surface area (Å²) in [6.45, 7) is 0.544. The summed E-state index contributed by atoms with van der Waals surface area (Å²) in [5.74, 6) is 0. The van der Waals surface area contributed by atoms with Crippen LogP contribution < -0.4 is 5.69 Å². The summed E-state index contributed by atoms with van der Waals surface area (Å²) in [4.78, 5) is 15.7. The molecule has 0 aliphatic heterocycles. The summed E-state index contributed by atoms with van der Waals surface area (Å²) in [5.41, 5.74) is 0.391. The van der Waals surface area contributed by atoms with Crippen LogP contribution in [0, 0.1) is 11.3 Å². The minimum Gasteiger partial charge on any atom is -0.259 e. The van der Waals surface area contributed by atoms with Crippen molar-refractivity contribution in [3.05, 3.63) is 29.1 Å². The summed E-state index contributed by atoms with van der Waals surface area (Å²) in [6, 6.07) is 2.07. The minimum absolute atomic E-state index is 0.158. The van der Waals surface area contributed by atoms with Gasteiger partial charge >= 0.3 is 5.69 Å². The van der Waals surface area contributed by atoms with Gasteiger partial charge in [-0.05, 0) is 12.8 Å². The van der Waals surface area contributed by atoms with Gasteiger partial charge < -0.3 is 0 Å². The summed E-state index contributed by atoms with van der Waals surface area (Å²) < 4.78 is 2.87. The van der Waals surface area contributed by atoms with Crippen LogP contribution in [-0.2, 0) is 6.54 Å². The highest BCUT2D eigenvalue weighted by atomic mass is 16.2. The van der Waals surface area contributed by atoms with Gasteiger partial charge in [-0.15, -0.1) is 5.10 Å². The maximum absolute atomic E-state index is 11.8. The molecular weight excluding hydrogens is 206 g/mol. The number of hydrogen-bond acceptors (Lipinski definition) is 4. The maximum Gasteiger partial charge on any atom is 0.350 e. The third-order valence-electron chi connectivity index (χ3n) is 2.30. The molecule has 0 unspecified atom stereocenters. The van der Waals surface area contributed by atoms with E-state index in [-0.39, 0.29) is 5.69 Å². The monoisotopic (exact) mass is 217 g/mol. The molecule has 2 aromatic heterocycles. The average Bonchev–Trinajstić information content (AvgIpc) is 2.63. The van der Waals surface area contributed by atoms with E-state index in [1.165, 1.54) is 9.08 Å². The lowest BCUT2D eigenvalue weighted by molar-refractivity contribution is 0.546. The zero-order valence-corrected chi connectivity index (χ0v) is 8.70. The van der Waals surface area contributed by atoms with Crippen LogP contribution in [0.4, 0.5) is 0 Å². The van der Waals surface area contributed by atoms with E-state index in [1.807, 2.05) is 0 Å². The Kier molecular flexibility index (Phi) is 2.96. The van der Waals surface area contributed by atoms with Crippen molar-refractivity contribution in [3.8, 4) is 6.07 Å². The molecule has 0 saturated carbocycles. The molecular formula is C10H11N5O. The fourth-order valence-corrected chi connectivity index (χ4v) is 1.49. The number of aryl methyl sites for hydroxylation is 1. The fraction of sp³-hybridized carbons (Fsp3) is 0.400. The van der Waals surface area contributed by atoms with Gasteiger partial charge in [0.15, 0.2) is 5.65 Å². The molecule has 0 N–H and O–H groups in total. The molecule has 0 amide bonds. The Balaban J connectivity index is 2.16. The number of nitriles is 1. The van der Waals surface area contributed by atoms with E-state index < -0.39 is 0 Å². The number of nitrogens with zero attached hydrogens (tertiary/aromatic N) is 5. The normalized spacial score (nSPS) is 10.4. The predicted molar refractivity (Wildman–Crippen MR) is 56.7 cm³/mol. The summed E-state index contributed by atoms with van der Waals surface area (Å²) in [6.07, 6.45) is 6.78. The highest BCUT2D eigenvalue weighted by Gasteiger charge is 2.04. The Morgan fingerprint density at radius 3 is 3.06 bits per heavy atom. The fourth-order valence-electron chi connectivity index (χ4n) is 1.49. The van der Waals surface area contributed by atoms with Gasteiger partial charge in [-0.2, -0.15) is 5.26 Å². The second kappa shape index (κ2) is 4.57. The number of rotatable bonds is 4. The van der Waals surface area contributed by atoms with Crippen molar-refractivity contribution < 1.29 is 0 Å². The van der Waals surface area contributed by atoms with E-state index in [4.69, 9.17) is 5.26 Å². The van der Waals surface area contributed by atoms with Crippen molar-refractivity contribution in [3.63, 3.8) is 0 Å². The van der Waals surface area contributed by atoms with E-state index in [0.717, 1.165) is 12.8 Å². The van der Waals surface area contributed by atoms with E-state index in [9.17, 15) is 4.79 Å². The lowest BCUT2D eigenvalue weighted by Crippen LogP contribution is -2.21. The highest BCUT2D eigenvalue weighted by molar-refractivity contribution is 5.31. The van der Waals surface area contributed by atoms with Crippen molar-refractivity contribution in [1.82, 2.24) is 19.2 Å². The largest absolute Gasteiger partial charge is 0.350 e. The molecule has 6 nitrogen and oxygen atoms in total. The molecule has 0 aromatic carbocycles. The Labute approximate surface area is 91.8 Å². The van der Waals surface area contributed by atoms with E-state index >= 15 is 0 Å². The number of aromatic nitrogens is 4. The lowest BCUT2D eigenvalue weighted by atomic mass is 10.2.